The van der Waals surface area contributed by atoms with E-state index in [0.717, 1.165) is 11.3 Å². The van der Waals surface area contributed by atoms with Gasteiger partial charge in [-0.25, -0.2) is 4.79 Å². The lowest BCUT2D eigenvalue weighted by Gasteiger charge is -2.10. The fourth-order valence-corrected chi connectivity index (χ4v) is 2.08. The van der Waals surface area contributed by atoms with Gasteiger partial charge in [-0.3, -0.25) is 4.98 Å². The van der Waals surface area contributed by atoms with Crippen molar-refractivity contribution in [3.05, 3.63) is 52.8 Å². The summed E-state index contributed by atoms with van der Waals surface area (Å²) in [5, 5.41) is 0. The molecule has 21 heavy (non-hydrogen) atoms. The van der Waals surface area contributed by atoms with E-state index in [-0.39, 0.29) is 6.61 Å². The van der Waals surface area contributed by atoms with E-state index in [4.69, 9.17) is 15.2 Å². The fourth-order valence-electron chi connectivity index (χ4n) is 2.08. The van der Waals surface area contributed by atoms with Crippen LogP contribution in [0.2, 0.25) is 0 Å². The van der Waals surface area contributed by atoms with Gasteiger partial charge in [-0.15, -0.1) is 0 Å². The first kappa shape index (κ1) is 14.8. The number of aryl methyl sites for hydroxylation is 2. The molecule has 0 fully saturated rings. The van der Waals surface area contributed by atoms with E-state index in [0.29, 0.717) is 22.7 Å². The second-order valence-electron chi connectivity index (χ2n) is 4.75. The minimum Gasteiger partial charge on any atom is -0.497 e. The number of esters is 1. The van der Waals surface area contributed by atoms with E-state index in [1.807, 2.05) is 26.0 Å². The van der Waals surface area contributed by atoms with Crippen LogP contribution in [-0.4, -0.2) is 18.1 Å². The number of ether oxygens (including phenoxy) is 2. The first-order valence-corrected chi connectivity index (χ1v) is 6.55. The molecular weight excluding hydrogens is 268 g/mol. The number of methoxy groups -OCH3 is 1. The Morgan fingerprint density at radius 3 is 2.71 bits per heavy atom. The lowest BCUT2D eigenvalue weighted by Crippen LogP contribution is -2.11. The molecule has 5 heteroatoms. The van der Waals surface area contributed by atoms with Crippen LogP contribution in [0, 0.1) is 13.8 Å². The molecule has 1 aromatic heterocycles. The van der Waals surface area contributed by atoms with Crippen LogP contribution < -0.4 is 10.5 Å². The Labute approximate surface area is 123 Å². The van der Waals surface area contributed by atoms with Crippen molar-refractivity contribution in [1.82, 2.24) is 4.98 Å². The summed E-state index contributed by atoms with van der Waals surface area (Å²) in [7, 11) is 1.58. The molecule has 0 spiro atoms. The smallest absolute Gasteiger partial charge is 0.340 e. The number of pyridine rings is 1. The molecule has 2 rings (SSSR count). The molecule has 1 aromatic carbocycles. The summed E-state index contributed by atoms with van der Waals surface area (Å²) in [6.07, 6.45) is 0. The van der Waals surface area contributed by atoms with E-state index >= 15 is 0 Å². The zero-order valence-electron chi connectivity index (χ0n) is 12.3. The van der Waals surface area contributed by atoms with Crippen molar-refractivity contribution < 1.29 is 14.3 Å². The van der Waals surface area contributed by atoms with Gasteiger partial charge in [-0.2, -0.15) is 0 Å². The summed E-state index contributed by atoms with van der Waals surface area (Å²) in [4.78, 5) is 16.4. The van der Waals surface area contributed by atoms with Crippen LogP contribution in [-0.2, 0) is 11.3 Å². The zero-order chi connectivity index (χ0) is 15.4. The molecule has 0 bridgehead atoms. The lowest BCUT2D eigenvalue weighted by atomic mass is 10.1. The molecule has 2 aromatic rings. The standard InChI is InChI=1S/C16H18N2O3/c1-10-5-4-6-14(17)15(10)16(19)21-9-12-8-13(20-3)7-11(2)18-12/h4-8H,9,17H2,1-3H3. The number of carbonyl (C=O) groups is 1. The highest BCUT2D eigenvalue weighted by Crippen LogP contribution is 2.19. The van der Waals surface area contributed by atoms with Crippen LogP contribution in [0.1, 0.15) is 27.3 Å². The van der Waals surface area contributed by atoms with E-state index in [2.05, 4.69) is 4.98 Å². The lowest BCUT2D eigenvalue weighted by molar-refractivity contribution is 0.0467. The number of benzene rings is 1. The van der Waals surface area contributed by atoms with E-state index in [1.165, 1.54) is 0 Å². The van der Waals surface area contributed by atoms with Crippen molar-refractivity contribution in [1.29, 1.82) is 0 Å². The largest absolute Gasteiger partial charge is 0.497 e. The Bertz CT molecular complexity index is 648. The van der Waals surface area contributed by atoms with E-state index in [9.17, 15) is 4.79 Å². The maximum atomic E-state index is 12.1. The SMILES string of the molecule is COc1cc(C)nc(COC(=O)c2c(C)cccc2N)c1. The number of aromatic nitrogens is 1. The molecule has 110 valence electrons. The maximum absolute atomic E-state index is 12.1. The molecule has 0 atom stereocenters. The van der Waals surface area contributed by atoms with Crippen molar-refractivity contribution in [3.8, 4) is 5.75 Å². The summed E-state index contributed by atoms with van der Waals surface area (Å²) in [5.74, 6) is 0.233. The molecule has 0 aliphatic carbocycles. The molecule has 0 aliphatic heterocycles. The molecule has 5 nitrogen and oxygen atoms in total. The molecular formula is C16H18N2O3. The number of nitrogens with zero attached hydrogens (tertiary/aromatic N) is 1. The van der Waals surface area contributed by atoms with Gasteiger partial charge in [0.05, 0.1) is 18.4 Å². The van der Waals surface area contributed by atoms with Crippen molar-refractivity contribution >= 4 is 11.7 Å². The maximum Gasteiger partial charge on any atom is 0.340 e. The fraction of sp³-hybridized carbons (Fsp3) is 0.250. The zero-order valence-corrected chi connectivity index (χ0v) is 12.3. The first-order valence-electron chi connectivity index (χ1n) is 6.55. The van der Waals surface area contributed by atoms with Crippen molar-refractivity contribution in [2.24, 2.45) is 0 Å². The number of anilines is 1. The van der Waals surface area contributed by atoms with Gasteiger partial charge < -0.3 is 15.2 Å². The summed E-state index contributed by atoms with van der Waals surface area (Å²) in [5.41, 5.74) is 8.86. The average molecular weight is 286 g/mol. The summed E-state index contributed by atoms with van der Waals surface area (Å²) >= 11 is 0. The highest BCUT2D eigenvalue weighted by molar-refractivity contribution is 5.96. The predicted octanol–water partition coefficient (Wildman–Crippen LogP) is 2.65. The number of carbonyl (C=O) groups excluding carboxylic acids is 1. The van der Waals surface area contributed by atoms with Gasteiger partial charge in [0.15, 0.2) is 0 Å². The van der Waals surface area contributed by atoms with Crippen LogP contribution >= 0.6 is 0 Å². The topological polar surface area (TPSA) is 74.4 Å². The van der Waals surface area contributed by atoms with E-state index < -0.39 is 5.97 Å². The first-order chi connectivity index (χ1) is 10.0. The Morgan fingerprint density at radius 2 is 2.05 bits per heavy atom. The highest BCUT2D eigenvalue weighted by atomic mass is 16.5. The van der Waals surface area contributed by atoms with Gasteiger partial charge in [-0.05, 0) is 25.5 Å². The normalized spacial score (nSPS) is 10.2. The second-order valence-corrected chi connectivity index (χ2v) is 4.75. The third kappa shape index (κ3) is 3.51. The van der Waals surface area contributed by atoms with Gasteiger partial charge in [0.1, 0.15) is 12.4 Å². The Morgan fingerprint density at radius 1 is 1.29 bits per heavy atom. The number of hydrogen-bond donors (Lipinski definition) is 1. The van der Waals surface area contributed by atoms with Crippen LogP contribution in [0.4, 0.5) is 5.69 Å². The molecule has 0 saturated carbocycles. The summed E-state index contributed by atoms with van der Waals surface area (Å²) in [6.45, 7) is 3.75. The Balaban J connectivity index is 2.13. The van der Waals surface area contributed by atoms with Crippen molar-refractivity contribution in [2.45, 2.75) is 20.5 Å². The van der Waals surface area contributed by atoms with Crippen molar-refractivity contribution in [3.63, 3.8) is 0 Å². The van der Waals surface area contributed by atoms with Gasteiger partial charge in [0.2, 0.25) is 0 Å². The van der Waals surface area contributed by atoms with Gasteiger partial charge in [0.25, 0.3) is 0 Å². The third-order valence-corrected chi connectivity index (χ3v) is 3.08. The monoisotopic (exact) mass is 286 g/mol. The molecule has 0 saturated heterocycles. The van der Waals surface area contributed by atoms with Crippen molar-refractivity contribution in [2.75, 3.05) is 12.8 Å². The Hall–Kier alpha value is -2.56. The quantitative estimate of drug-likeness (QED) is 0.691. The number of nitrogen functional groups attached to an aromatic ring is 1. The highest BCUT2D eigenvalue weighted by Gasteiger charge is 2.14. The van der Waals surface area contributed by atoms with Crippen LogP contribution in [0.15, 0.2) is 30.3 Å². The minimum absolute atomic E-state index is 0.0741. The summed E-state index contributed by atoms with van der Waals surface area (Å²) in [6, 6.07) is 8.85. The van der Waals surface area contributed by atoms with Crippen LogP contribution in [0.3, 0.4) is 0 Å². The van der Waals surface area contributed by atoms with Crippen LogP contribution in [0.25, 0.3) is 0 Å². The van der Waals surface area contributed by atoms with Crippen LogP contribution in [0.5, 0.6) is 5.75 Å². The molecule has 0 aliphatic rings. The molecule has 0 unspecified atom stereocenters. The number of hydrogen-bond acceptors (Lipinski definition) is 5. The molecule has 2 N–H and O–H groups in total. The van der Waals surface area contributed by atoms with Gasteiger partial charge in [0, 0.05) is 23.5 Å². The predicted molar refractivity (Wildman–Crippen MR) is 80.2 cm³/mol. The summed E-state index contributed by atoms with van der Waals surface area (Å²) < 4.78 is 10.5. The molecule has 0 radical (unpaired) electrons. The molecule has 0 amide bonds. The Kier molecular flexibility index (Phi) is 4.42. The number of nitrogens with two attached hydrogens (primary N) is 1. The molecule has 1 heterocycles. The van der Waals surface area contributed by atoms with Gasteiger partial charge in [-0.1, -0.05) is 12.1 Å². The minimum atomic E-state index is -0.451. The number of rotatable bonds is 4. The second kappa shape index (κ2) is 6.26. The third-order valence-electron chi connectivity index (χ3n) is 3.08. The average Bonchev–Trinajstić information content (AvgIpc) is 2.44. The van der Waals surface area contributed by atoms with Gasteiger partial charge >= 0.3 is 5.97 Å². The van der Waals surface area contributed by atoms with E-state index in [1.54, 1.807) is 25.3 Å².